The maximum atomic E-state index is 13.0. The van der Waals surface area contributed by atoms with E-state index in [0.717, 1.165) is 38.4 Å². The molecule has 5 rings (SSSR count). The van der Waals surface area contributed by atoms with E-state index in [-0.39, 0.29) is 11.9 Å². The molecule has 2 bridgehead atoms. The van der Waals surface area contributed by atoms with Crippen LogP contribution in [-0.2, 0) is 0 Å². The highest BCUT2D eigenvalue weighted by molar-refractivity contribution is 7.98. The molecule has 130 valence electrons. The Bertz CT molecular complexity index is 741. The lowest BCUT2D eigenvalue weighted by Gasteiger charge is -2.36. The summed E-state index contributed by atoms with van der Waals surface area (Å²) in [5, 5.41) is 0.682. The van der Waals surface area contributed by atoms with Crippen molar-refractivity contribution >= 4 is 23.6 Å². The molecule has 0 aliphatic carbocycles. The molecule has 8 heteroatoms. The third kappa shape index (κ3) is 3.30. The minimum absolute atomic E-state index is 0.0261. The van der Waals surface area contributed by atoms with Crippen molar-refractivity contribution in [1.82, 2.24) is 24.8 Å². The number of carbonyl (C=O) groups is 1. The first-order valence-electron chi connectivity index (χ1n) is 8.43. The Kier molecular flexibility index (Phi) is 4.52. The summed E-state index contributed by atoms with van der Waals surface area (Å²) >= 11 is 1.47. The minimum atomic E-state index is 0.0261. The topological polar surface area (TPSA) is 75.1 Å². The highest BCUT2D eigenvalue weighted by atomic mass is 32.2. The van der Waals surface area contributed by atoms with Gasteiger partial charge in [0, 0.05) is 50.5 Å². The van der Waals surface area contributed by atoms with Crippen LogP contribution in [0, 0.1) is 5.92 Å². The number of hydrogen-bond donors (Lipinski definition) is 0. The first-order chi connectivity index (χ1) is 12.2. The van der Waals surface area contributed by atoms with Gasteiger partial charge in [-0.3, -0.25) is 4.79 Å². The zero-order valence-electron chi connectivity index (χ0n) is 14.1. The molecular formula is C17H20N6OS. The van der Waals surface area contributed by atoms with Gasteiger partial charge in [0.25, 0.3) is 5.91 Å². The van der Waals surface area contributed by atoms with Gasteiger partial charge in [0.2, 0.25) is 5.95 Å². The maximum Gasteiger partial charge on any atom is 0.257 e. The van der Waals surface area contributed by atoms with Crippen molar-refractivity contribution in [3.05, 3.63) is 36.4 Å². The van der Waals surface area contributed by atoms with Gasteiger partial charge >= 0.3 is 0 Å². The molecule has 0 aromatic carbocycles. The Labute approximate surface area is 150 Å². The van der Waals surface area contributed by atoms with E-state index in [2.05, 4.69) is 24.8 Å². The number of rotatable bonds is 3. The number of amides is 1. The van der Waals surface area contributed by atoms with Crippen LogP contribution in [0.3, 0.4) is 0 Å². The number of anilines is 1. The SMILES string of the molecule is CSc1ncc(C(=O)N2C[C@H]3CC[C@@H]2CN(c2ncccn2)C3)cn1. The molecule has 3 saturated heterocycles. The highest BCUT2D eigenvalue weighted by Gasteiger charge is 2.38. The van der Waals surface area contributed by atoms with Crippen LogP contribution in [0.2, 0.25) is 0 Å². The zero-order chi connectivity index (χ0) is 17.2. The average molecular weight is 356 g/mol. The van der Waals surface area contributed by atoms with Gasteiger partial charge in [-0.05, 0) is 31.1 Å². The minimum Gasteiger partial charge on any atom is -0.338 e. The second-order valence-corrected chi connectivity index (χ2v) is 7.24. The summed E-state index contributed by atoms with van der Waals surface area (Å²) in [6.07, 6.45) is 10.9. The van der Waals surface area contributed by atoms with Crippen LogP contribution in [0.25, 0.3) is 0 Å². The Morgan fingerprint density at radius 1 is 1.08 bits per heavy atom. The van der Waals surface area contributed by atoms with Crippen LogP contribution in [0.5, 0.6) is 0 Å². The van der Waals surface area contributed by atoms with Crippen molar-refractivity contribution in [3.8, 4) is 0 Å². The van der Waals surface area contributed by atoms with E-state index in [4.69, 9.17) is 0 Å². The molecule has 2 aromatic heterocycles. The van der Waals surface area contributed by atoms with Crippen LogP contribution in [-0.4, -0.2) is 62.7 Å². The summed E-state index contributed by atoms with van der Waals surface area (Å²) in [7, 11) is 0. The molecule has 0 radical (unpaired) electrons. The van der Waals surface area contributed by atoms with Gasteiger partial charge in [-0.2, -0.15) is 0 Å². The lowest BCUT2D eigenvalue weighted by Crippen LogP contribution is -2.47. The third-order valence-corrected chi connectivity index (χ3v) is 5.44. The van der Waals surface area contributed by atoms with E-state index in [1.54, 1.807) is 24.8 Å². The molecule has 0 N–H and O–H groups in total. The molecule has 3 aliphatic rings. The van der Waals surface area contributed by atoms with E-state index in [1.807, 2.05) is 17.2 Å². The summed E-state index contributed by atoms with van der Waals surface area (Å²) in [4.78, 5) is 34.4. The van der Waals surface area contributed by atoms with Gasteiger partial charge in [0.1, 0.15) is 0 Å². The Morgan fingerprint density at radius 2 is 1.84 bits per heavy atom. The lowest BCUT2D eigenvalue weighted by atomic mass is 9.94. The molecule has 2 aromatic rings. The number of nitrogens with zero attached hydrogens (tertiary/aromatic N) is 6. The lowest BCUT2D eigenvalue weighted by molar-refractivity contribution is 0.0591. The fourth-order valence-corrected chi connectivity index (χ4v) is 3.96. The van der Waals surface area contributed by atoms with Crippen molar-refractivity contribution in [2.24, 2.45) is 5.92 Å². The number of aromatic nitrogens is 4. The molecule has 25 heavy (non-hydrogen) atoms. The van der Waals surface area contributed by atoms with Gasteiger partial charge in [0.05, 0.1) is 5.56 Å². The molecule has 3 aliphatic heterocycles. The van der Waals surface area contributed by atoms with Crippen molar-refractivity contribution in [3.63, 3.8) is 0 Å². The predicted octanol–water partition coefficient (Wildman–Crippen LogP) is 1.73. The quantitative estimate of drug-likeness (QED) is 0.612. The fraction of sp³-hybridized carbons (Fsp3) is 0.471. The van der Waals surface area contributed by atoms with Crippen LogP contribution in [0.15, 0.2) is 36.0 Å². The van der Waals surface area contributed by atoms with E-state index in [1.165, 1.54) is 11.8 Å². The maximum absolute atomic E-state index is 13.0. The number of hydrogen-bond acceptors (Lipinski definition) is 7. The van der Waals surface area contributed by atoms with Gasteiger partial charge in [-0.15, -0.1) is 0 Å². The van der Waals surface area contributed by atoms with Crippen molar-refractivity contribution < 1.29 is 4.79 Å². The van der Waals surface area contributed by atoms with Crippen molar-refractivity contribution in [1.29, 1.82) is 0 Å². The second kappa shape index (κ2) is 6.95. The second-order valence-electron chi connectivity index (χ2n) is 6.47. The predicted molar refractivity (Wildman–Crippen MR) is 95.6 cm³/mol. The number of fused-ring (bicyclic) bond motifs is 4. The summed E-state index contributed by atoms with van der Waals surface area (Å²) in [5.74, 6) is 1.22. The summed E-state index contributed by atoms with van der Waals surface area (Å²) in [6.45, 7) is 2.44. The van der Waals surface area contributed by atoms with Gasteiger partial charge in [-0.1, -0.05) is 11.8 Å². The van der Waals surface area contributed by atoms with E-state index < -0.39 is 0 Å². The van der Waals surface area contributed by atoms with Gasteiger partial charge in [0.15, 0.2) is 5.16 Å². The van der Waals surface area contributed by atoms with Crippen LogP contribution in [0.4, 0.5) is 5.95 Å². The average Bonchev–Trinajstić information content (AvgIpc) is 3.00. The normalized spacial score (nSPS) is 22.8. The molecule has 7 nitrogen and oxygen atoms in total. The molecule has 2 atom stereocenters. The van der Waals surface area contributed by atoms with Crippen LogP contribution in [0.1, 0.15) is 23.2 Å². The first kappa shape index (κ1) is 16.3. The van der Waals surface area contributed by atoms with Crippen LogP contribution >= 0.6 is 11.8 Å². The van der Waals surface area contributed by atoms with Crippen LogP contribution < -0.4 is 4.90 Å². The monoisotopic (exact) mass is 356 g/mol. The first-order valence-corrected chi connectivity index (χ1v) is 9.66. The number of thioether (sulfide) groups is 1. The largest absolute Gasteiger partial charge is 0.338 e. The van der Waals surface area contributed by atoms with E-state index in [9.17, 15) is 4.79 Å². The Morgan fingerprint density at radius 3 is 2.56 bits per heavy atom. The van der Waals surface area contributed by atoms with E-state index in [0.29, 0.717) is 16.6 Å². The molecule has 0 unspecified atom stereocenters. The van der Waals surface area contributed by atoms with Crippen molar-refractivity contribution in [2.75, 3.05) is 30.8 Å². The van der Waals surface area contributed by atoms with Crippen molar-refractivity contribution in [2.45, 2.75) is 24.0 Å². The summed E-state index contributed by atoms with van der Waals surface area (Å²) in [5.41, 5.74) is 0.563. The molecule has 5 heterocycles. The molecule has 1 amide bonds. The molecule has 3 fully saturated rings. The van der Waals surface area contributed by atoms with E-state index >= 15 is 0 Å². The highest BCUT2D eigenvalue weighted by Crippen LogP contribution is 2.30. The zero-order valence-corrected chi connectivity index (χ0v) is 14.9. The number of piperidine rings is 1. The fourth-order valence-electron chi connectivity index (χ4n) is 3.65. The Balaban J connectivity index is 1.54. The van der Waals surface area contributed by atoms with Gasteiger partial charge < -0.3 is 9.80 Å². The Hall–Kier alpha value is -2.22. The summed E-state index contributed by atoms with van der Waals surface area (Å²) < 4.78 is 0. The molecule has 0 saturated carbocycles. The summed E-state index contributed by atoms with van der Waals surface area (Å²) in [6, 6.07) is 2.00. The number of carbonyl (C=O) groups excluding carboxylic acids is 1. The van der Waals surface area contributed by atoms with Gasteiger partial charge in [-0.25, -0.2) is 19.9 Å². The molecular weight excluding hydrogens is 336 g/mol. The smallest absolute Gasteiger partial charge is 0.257 e. The third-order valence-electron chi connectivity index (χ3n) is 4.87. The standard InChI is InChI=1S/C17H20N6OS/c1-25-17-20-7-13(8-21-17)15(24)23-10-12-3-4-14(23)11-22(9-12)16-18-5-2-6-19-16/h2,5-8,12,14H,3-4,9-11H2,1H3/t12-,14+/m0/s1. The molecule has 0 spiro atoms.